The lowest BCUT2D eigenvalue weighted by Gasteiger charge is -2.23. The topological polar surface area (TPSA) is 147 Å². The van der Waals surface area contributed by atoms with Crippen molar-refractivity contribution >= 4 is 40.9 Å². The van der Waals surface area contributed by atoms with Crippen molar-refractivity contribution in [3.63, 3.8) is 0 Å². The second kappa shape index (κ2) is 12.7. The molecule has 2 bridgehead atoms. The smallest absolute Gasteiger partial charge is 0.411 e. The van der Waals surface area contributed by atoms with Gasteiger partial charge in [0.1, 0.15) is 5.69 Å². The number of amides is 3. The van der Waals surface area contributed by atoms with Crippen molar-refractivity contribution < 1.29 is 23.5 Å². The molecule has 13 heteroatoms. The van der Waals surface area contributed by atoms with Gasteiger partial charge in [-0.25, -0.2) is 13.9 Å². The van der Waals surface area contributed by atoms with Crippen molar-refractivity contribution in [3.8, 4) is 16.8 Å². The van der Waals surface area contributed by atoms with Crippen molar-refractivity contribution in [3.05, 3.63) is 92.9 Å². The molecule has 1 aliphatic rings. The van der Waals surface area contributed by atoms with E-state index in [2.05, 4.69) is 30.8 Å². The number of H-pyrrole nitrogens is 1. The number of hydrogen-bond donors (Lipinski definition) is 4. The molecule has 5 rings (SSSR count). The van der Waals surface area contributed by atoms with Gasteiger partial charge in [0.05, 0.1) is 41.3 Å². The third kappa shape index (κ3) is 6.35. The third-order valence-corrected chi connectivity index (χ3v) is 7.85. The molecule has 0 aliphatic carbocycles. The molecule has 1 aliphatic heterocycles. The van der Waals surface area contributed by atoms with E-state index >= 15 is 0 Å². The maximum absolute atomic E-state index is 14.7. The van der Waals surface area contributed by atoms with Crippen LogP contribution >= 0.6 is 11.6 Å². The van der Waals surface area contributed by atoms with E-state index < -0.39 is 29.4 Å². The van der Waals surface area contributed by atoms with Gasteiger partial charge in [-0.15, -0.1) is 0 Å². The number of rotatable bonds is 4. The number of hydrogen-bond acceptors (Lipinski definition) is 6. The molecule has 44 heavy (non-hydrogen) atoms. The molecule has 3 heterocycles. The highest BCUT2D eigenvalue weighted by atomic mass is 35.5. The summed E-state index contributed by atoms with van der Waals surface area (Å²) in [6, 6.07) is 11.9. The Kier molecular flexibility index (Phi) is 8.81. The summed E-state index contributed by atoms with van der Waals surface area (Å²) in [6.07, 6.45) is 2.15. The maximum Gasteiger partial charge on any atom is 0.411 e. The summed E-state index contributed by atoms with van der Waals surface area (Å²) in [5.74, 6) is -1.73. The van der Waals surface area contributed by atoms with Crippen LogP contribution in [-0.2, 0) is 9.53 Å². The average Bonchev–Trinajstić information content (AvgIpc) is 3.38. The van der Waals surface area contributed by atoms with Crippen LogP contribution in [0.4, 0.5) is 20.6 Å². The van der Waals surface area contributed by atoms with Crippen LogP contribution in [0.15, 0.2) is 59.5 Å². The SMILES string of the molecule is COC(=O)Nc1ccc2c(c1)NC(=O)C(C)CCCC(NC(=O)c1cnn(-c3cccc(Cl)c3F)c1C)c1cc-2cc(=O)[nH]1. The van der Waals surface area contributed by atoms with Crippen molar-refractivity contribution in [2.24, 2.45) is 5.92 Å². The van der Waals surface area contributed by atoms with Gasteiger partial charge in [-0.1, -0.05) is 37.1 Å². The number of benzene rings is 2. The number of carbonyl (C=O) groups excluding carboxylic acids is 3. The quantitative estimate of drug-likeness (QED) is 0.229. The van der Waals surface area contributed by atoms with Crippen LogP contribution in [0.3, 0.4) is 0 Å². The molecule has 2 unspecified atom stereocenters. The van der Waals surface area contributed by atoms with E-state index in [1.54, 1.807) is 44.2 Å². The number of methoxy groups -OCH3 is 1. The second-order valence-electron chi connectivity index (χ2n) is 10.5. The monoisotopic (exact) mass is 620 g/mol. The maximum atomic E-state index is 14.7. The fourth-order valence-electron chi connectivity index (χ4n) is 5.14. The normalized spacial score (nSPS) is 16.5. The first-order valence-corrected chi connectivity index (χ1v) is 14.3. The van der Waals surface area contributed by atoms with Crippen molar-refractivity contribution in [1.82, 2.24) is 20.1 Å². The van der Waals surface area contributed by atoms with Gasteiger partial charge in [0.2, 0.25) is 11.5 Å². The van der Waals surface area contributed by atoms with Crippen LogP contribution in [-0.4, -0.2) is 39.8 Å². The summed E-state index contributed by atoms with van der Waals surface area (Å²) in [4.78, 5) is 54.2. The largest absolute Gasteiger partial charge is 0.453 e. The molecular formula is C31H30ClFN6O5. The van der Waals surface area contributed by atoms with E-state index in [0.29, 0.717) is 53.2 Å². The van der Waals surface area contributed by atoms with E-state index in [-0.39, 0.29) is 28.1 Å². The lowest BCUT2D eigenvalue weighted by Crippen LogP contribution is -2.31. The number of carbonyl (C=O) groups is 3. The summed E-state index contributed by atoms with van der Waals surface area (Å²) in [6.45, 7) is 3.45. The molecule has 0 fully saturated rings. The summed E-state index contributed by atoms with van der Waals surface area (Å²) in [5, 5.41) is 12.7. The van der Waals surface area contributed by atoms with E-state index in [9.17, 15) is 23.6 Å². The predicted octanol–water partition coefficient (Wildman–Crippen LogP) is 5.74. The van der Waals surface area contributed by atoms with E-state index in [0.717, 1.165) is 0 Å². The minimum atomic E-state index is -0.673. The second-order valence-corrected chi connectivity index (χ2v) is 10.9. The van der Waals surface area contributed by atoms with Crippen LogP contribution in [0.25, 0.3) is 16.8 Å². The molecule has 228 valence electrons. The zero-order chi connectivity index (χ0) is 31.5. The van der Waals surface area contributed by atoms with Gasteiger partial charge in [0, 0.05) is 28.9 Å². The first kappa shape index (κ1) is 30.5. The van der Waals surface area contributed by atoms with Crippen LogP contribution < -0.4 is 21.5 Å². The molecule has 2 atom stereocenters. The summed E-state index contributed by atoms with van der Waals surface area (Å²) < 4.78 is 20.7. The van der Waals surface area contributed by atoms with Gasteiger partial charge in [-0.2, -0.15) is 5.10 Å². The van der Waals surface area contributed by atoms with Crippen molar-refractivity contribution in [2.75, 3.05) is 17.7 Å². The number of ether oxygens (including phenoxy) is 1. The Hall–Kier alpha value is -4.97. The minimum Gasteiger partial charge on any atom is -0.453 e. The minimum absolute atomic E-state index is 0.0686. The first-order chi connectivity index (χ1) is 21.0. The Morgan fingerprint density at radius 3 is 2.70 bits per heavy atom. The Morgan fingerprint density at radius 1 is 1.14 bits per heavy atom. The zero-order valence-electron chi connectivity index (χ0n) is 24.2. The van der Waals surface area contributed by atoms with Gasteiger partial charge in [0.15, 0.2) is 5.82 Å². The molecule has 2 aromatic heterocycles. The van der Waals surface area contributed by atoms with Gasteiger partial charge in [-0.3, -0.25) is 19.7 Å². The molecule has 0 saturated carbocycles. The Morgan fingerprint density at radius 2 is 1.93 bits per heavy atom. The molecule has 0 saturated heterocycles. The third-order valence-electron chi connectivity index (χ3n) is 7.56. The van der Waals surface area contributed by atoms with E-state index in [4.69, 9.17) is 11.6 Å². The predicted molar refractivity (Wildman–Crippen MR) is 164 cm³/mol. The number of aromatic nitrogens is 3. The fraction of sp³-hybridized carbons (Fsp3) is 0.258. The van der Waals surface area contributed by atoms with Crippen molar-refractivity contribution in [2.45, 2.75) is 39.2 Å². The highest BCUT2D eigenvalue weighted by Crippen LogP contribution is 2.33. The number of nitrogens with one attached hydrogen (secondary N) is 4. The van der Waals surface area contributed by atoms with E-state index in [1.165, 1.54) is 36.2 Å². The fourth-order valence-corrected chi connectivity index (χ4v) is 5.31. The Balaban J connectivity index is 1.52. The molecule has 4 aromatic rings. The lowest BCUT2D eigenvalue weighted by molar-refractivity contribution is -0.119. The Bertz CT molecular complexity index is 1820. The number of halogens is 2. The van der Waals surface area contributed by atoms with Crippen LogP contribution in [0.1, 0.15) is 54.0 Å². The standard InChI is InChI=1S/C31H30ClFN6O5/c1-16-6-4-8-23(37-30(42)21-15-34-39(17(21)2)26-9-5-7-22(32)28(26)33)25-12-18(13-27(40)36-25)20-11-10-19(35-31(43)44-3)14-24(20)38-29(16)41/h5,7,9-16,23H,4,6,8H2,1-3H3,(H,35,43)(H,36,40)(H,37,42)(H,38,41). The first-order valence-electron chi connectivity index (χ1n) is 13.9. The number of fused-ring (bicyclic) bond motifs is 4. The van der Waals surface area contributed by atoms with Gasteiger partial charge in [0.25, 0.3) is 5.91 Å². The van der Waals surface area contributed by atoms with Gasteiger partial charge in [-0.05, 0) is 55.7 Å². The molecule has 11 nitrogen and oxygen atoms in total. The number of pyridine rings is 1. The van der Waals surface area contributed by atoms with Crippen LogP contribution in [0.2, 0.25) is 5.02 Å². The molecule has 0 spiro atoms. The number of aromatic amines is 1. The average molecular weight is 621 g/mol. The van der Waals surface area contributed by atoms with Gasteiger partial charge < -0.3 is 20.4 Å². The molecule has 2 aromatic carbocycles. The number of nitrogens with zero attached hydrogens (tertiary/aromatic N) is 2. The highest BCUT2D eigenvalue weighted by molar-refractivity contribution is 6.30. The molecule has 4 N–H and O–H groups in total. The summed E-state index contributed by atoms with van der Waals surface area (Å²) >= 11 is 5.95. The van der Waals surface area contributed by atoms with E-state index in [1.807, 2.05) is 0 Å². The Labute approximate surface area is 256 Å². The lowest BCUT2D eigenvalue weighted by atomic mass is 9.95. The highest BCUT2D eigenvalue weighted by Gasteiger charge is 2.25. The number of anilines is 2. The van der Waals surface area contributed by atoms with Gasteiger partial charge >= 0.3 is 6.09 Å². The van der Waals surface area contributed by atoms with Crippen LogP contribution in [0.5, 0.6) is 0 Å². The zero-order valence-corrected chi connectivity index (χ0v) is 24.9. The molecule has 0 radical (unpaired) electrons. The summed E-state index contributed by atoms with van der Waals surface area (Å²) in [7, 11) is 1.24. The van der Waals surface area contributed by atoms with Crippen molar-refractivity contribution in [1.29, 1.82) is 0 Å². The molecule has 3 amide bonds. The summed E-state index contributed by atoms with van der Waals surface area (Å²) in [5.41, 5.74) is 2.60. The van der Waals surface area contributed by atoms with Crippen LogP contribution in [0, 0.1) is 18.7 Å². The molecular weight excluding hydrogens is 591 g/mol.